The van der Waals surface area contributed by atoms with Crippen molar-refractivity contribution in [3.8, 4) is 5.75 Å². The Morgan fingerprint density at radius 1 is 1.19 bits per heavy atom. The number of nitrogen functional groups attached to an aromatic ring is 1. The van der Waals surface area contributed by atoms with Crippen molar-refractivity contribution < 1.29 is 23.8 Å². The number of esters is 1. The number of hydrogen-bond donors (Lipinski definition) is 1. The minimum Gasteiger partial charge on any atom is -0.465 e. The fourth-order valence-electron chi connectivity index (χ4n) is 1.71. The van der Waals surface area contributed by atoms with Crippen molar-refractivity contribution in [3.63, 3.8) is 0 Å². The summed E-state index contributed by atoms with van der Waals surface area (Å²) in [4.78, 5) is 23.1. The smallest absolute Gasteiger partial charge is 0.465 e. The maximum Gasteiger partial charge on any atom is 0.513 e. The first-order chi connectivity index (χ1) is 10.1. The van der Waals surface area contributed by atoms with Gasteiger partial charge in [0, 0.05) is 11.8 Å². The second-order valence-corrected chi connectivity index (χ2v) is 4.51. The molecule has 0 unspecified atom stereocenters. The monoisotopic (exact) mass is 295 g/mol. The van der Waals surface area contributed by atoms with E-state index in [9.17, 15) is 9.59 Å². The maximum atomic E-state index is 11.6. The Morgan fingerprint density at radius 3 is 2.62 bits per heavy atom. The summed E-state index contributed by atoms with van der Waals surface area (Å²) in [6, 6.07) is 4.34. The highest BCUT2D eigenvalue weighted by Crippen LogP contribution is 2.23. The van der Waals surface area contributed by atoms with Crippen LogP contribution in [0.25, 0.3) is 0 Å². The first kappa shape index (κ1) is 16.8. The number of unbranched alkanes of at least 4 members (excludes halogenated alkanes) is 3. The molecule has 0 saturated carbocycles. The molecule has 0 aliphatic carbocycles. The van der Waals surface area contributed by atoms with Crippen molar-refractivity contribution in [1.29, 1.82) is 0 Å². The Hall–Kier alpha value is -2.24. The molecular weight excluding hydrogens is 274 g/mol. The number of ether oxygens (including phenoxy) is 3. The van der Waals surface area contributed by atoms with Crippen LogP contribution in [-0.2, 0) is 9.47 Å². The normalized spacial score (nSPS) is 10.0. The van der Waals surface area contributed by atoms with Crippen LogP contribution in [0.4, 0.5) is 10.5 Å². The van der Waals surface area contributed by atoms with Gasteiger partial charge >= 0.3 is 12.1 Å². The topological polar surface area (TPSA) is 87.9 Å². The molecule has 6 nitrogen and oxygen atoms in total. The van der Waals surface area contributed by atoms with E-state index in [1.54, 1.807) is 0 Å². The largest absolute Gasteiger partial charge is 0.513 e. The number of nitrogens with two attached hydrogens (primary N) is 1. The molecule has 21 heavy (non-hydrogen) atoms. The number of carbonyl (C=O) groups excluding carboxylic acids is 2. The first-order valence-electron chi connectivity index (χ1n) is 6.91. The molecule has 0 aliphatic heterocycles. The van der Waals surface area contributed by atoms with E-state index in [-0.39, 0.29) is 17.9 Å². The lowest BCUT2D eigenvalue weighted by Crippen LogP contribution is -2.14. The average Bonchev–Trinajstić information content (AvgIpc) is 2.46. The summed E-state index contributed by atoms with van der Waals surface area (Å²) < 4.78 is 14.6. The molecule has 0 bridgehead atoms. The van der Waals surface area contributed by atoms with Gasteiger partial charge in [-0.15, -0.1) is 0 Å². The Balaban J connectivity index is 2.58. The van der Waals surface area contributed by atoms with E-state index in [0.717, 1.165) is 25.7 Å². The molecule has 0 atom stereocenters. The SMILES string of the molecule is CCCCCCOC(=O)Oc1cc(N)ccc1C(=O)OC. The summed E-state index contributed by atoms with van der Waals surface area (Å²) >= 11 is 0. The second-order valence-electron chi connectivity index (χ2n) is 4.51. The predicted molar refractivity (Wildman–Crippen MR) is 78.3 cm³/mol. The zero-order valence-electron chi connectivity index (χ0n) is 12.4. The number of benzene rings is 1. The molecule has 1 aromatic rings. The second kappa shape index (κ2) is 8.84. The van der Waals surface area contributed by atoms with Gasteiger partial charge in [0.05, 0.1) is 13.7 Å². The van der Waals surface area contributed by atoms with E-state index in [4.69, 9.17) is 15.2 Å². The summed E-state index contributed by atoms with van der Waals surface area (Å²) in [5.41, 5.74) is 6.10. The van der Waals surface area contributed by atoms with Gasteiger partial charge in [-0.2, -0.15) is 0 Å². The molecule has 116 valence electrons. The molecule has 6 heteroatoms. The van der Waals surface area contributed by atoms with Crippen molar-refractivity contribution in [1.82, 2.24) is 0 Å². The molecular formula is C15H21NO5. The Labute approximate surface area is 124 Å². The van der Waals surface area contributed by atoms with E-state index in [2.05, 4.69) is 11.7 Å². The highest BCUT2D eigenvalue weighted by molar-refractivity contribution is 5.93. The van der Waals surface area contributed by atoms with Gasteiger partial charge < -0.3 is 19.9 Å². The molecule has 0 saturated heterocycles. The van der Waals surface area contributed by atoms with Crippen LogP contribution in [0.1, 0.15) is 43.0 Å². The number of anilines is 1. The third-order valence-electron chi connectivity index (χ3n) is 2.82. The summed E-state index contributed by atoms with van der Waals surface area (Å²) in [6.45, 7) is 2.39. The number of methoxy groups -OCH3 is 1. The van der Waals surface area contributed by atoms with Gasteiger partial charge in [0.1, 0.15) is 5.56 Å². The number of hydrogen-bond acceptors (Lipinski definition) is 6. The highest BCUT2D eigenvalue weighted by Gasteiger charge is 2.17. The van der Waals surface area contributed by atoms with Crippen LogP contribution >= 0.6 is 0 Å². The number of rotatable bonds is 7. The predicted octanol–water partition coefficient (Wildman–Crippen LogP) is 3.15. The van der Waals surface area contributed by atoms with Crippen LogP contribution in [0.3, 0.4) is 0 Å². The van der Waals surface area contributed by atoms with E-state index < -0.39 is 12.1 Å². The molecule has 0 fully saturated rings. The minimum atomic E-state index is -0.859. The number of carbonyl (C=O) groups is 2. The van der Waals surface area contributed by atoms with E-state index in [1.165, 1.54) is 25.3 Å². The lowest BCUT2D eigenvalue weighted by molar-refractivity contribution is 0.0594. The van der Waals surface area contributed by atoms with Crippen molar-refractivity contribution in [2.24, 2.45) is 0 Å². The van der Waals surface area contributed by atoms with Crippen LogP contribution in [-0.4, -0.2) is 25.8 Å². The van der Waals surface area contributed by atoms with Crippen molar-refractivity contribution >= 4 is 17.8 Å². The van der Waals surface area contributed by atoms with Crippen LogP contribution in [0.2, 0.25) is 0 Å². The highest BCUT2D eigenvalue weighted by atomic mass is 16.7. The standard InChI is InChI=1S/C15H21NO5/c1-3-4-5-6-9-20-15(18)21-13-10-11(16)7-8-12(13)14(17)19-2/h7-8,10H,3-6,9,16H2,1-2H3. The quantitative estimate of drug-likeness (QED) is 0.360. The van der Waals surface area contributed by atoms with Gasteiger partial charge in [-0.25, -0.2) is 9.59 Å². The van der Waals surface area contributed by atoms with Gasteiger partial charge in [-0.05, 0) is 18.6 Å². The van der Waals surface area contributed by atoms with Gasteiger partial charge in [0.2, 0.25) is 0 Å². The summed E-state index contributed by atoms with van der Waals surface area (Å²) in [5, 5.41) is 0. The molecule has 0 radical (unpaired) electrons. The minimum absolute atomic E-state index is 0.0282. The summed E-state index contributed by atoms with van der Waals surface area (Å²) in [6.07, 6.45) is 3.12. The Kier molecular flexibility index (Phi) is 7.08. The molecule has 0 amide bonds. The fraction of sp³-hybridized carbons (Fsp3) is 0.467. The Morgan fingerprint density at radius 2 is 1.95 bits per heavy atom. The third kappa shape index (κ3) is 5.72. The maximum absolute atomic E-state index is 11.6. The third-order valence-corrected chi connectivity index (χ3v) is 2.82. The van der Waals surface area contributed by atoms with Crippen molar-refractivity contribution in [2.45, 2.75) is 32.6 Å². The lowest BCUT2D eigenvalue weighted by atomic mass is 10.2. The molecule has 2 N–H and O–H groups in total. The van der Waals surface area contributed by atoms with Gasteiger partial charge in [-0.3, -0.25) is 0 Å². The average molecular weight is 295 g/mol. The molecule has 0 aliphatic rings. The zero-order chi connectivity index (χ0) is 15.7. The van der Waals surface area contributed by atoms with Gasteiger partial charge in [0.15, 0.2) is 5.75 Å². The van der Waals surface area contributed by atoms with Gasteiger partial charge in [0.25, 0.3) is 0 Å². The van der Waals surface area contributed by atoms with Gasteiger partial charge in [-0.1, -0.05) is 26.2 Å². The van der Waals surface area contributed by atoms with Crippen molar-refractivity contribution in [2.75, 3.05) is 19.5 Å². The molecule has 1 rings (SSSR count). The Bertz CT molecular complexity index is 487. The summed E-state index contributed by atoms with van der Waals surface area (Å²) in [7, 11) is 1.24. The summed E-state index contributed by atoms with van der Waals surface area (Å²) in [5.74, 6) is -0.582. The van der Waals surface area contributed by atoms with Crippen LogP contribution in [0, 0.1) is 0 Å². The van der Waals surface area contributed by atoms with Crippen LogP contribution < -0.4 is 10.5 Å². The van der Waals surface area contributed by atoms with E-state index in [0.29, 0.717) is 5.69 Å². The lowest BCUT2D eigenvalue weighted by Gasteiger charge is -2.09. The van der Waals surface area contributed by atoms with E-state index in [1.807, 2.05) is 0 Å². The fourth-order valence-corrected chi connectivity index (χ4v) is 1.71. The molecule has 0 spiro atoms. The van der Waals surface area contributed by atoms with Crippen molar-refractivity contribution in [3.05, 3.63) is 23.8 Å². The van der Waals surface area contributed by atoms with Crippen LogP contribution in [0.5, 0.6) is 5.75 Å². The van der Waals surface area contributed by atoms with Crippen LogP contribution in [0.15, 0.2) is 18.2 Å². The molecule has 1 aromatic carbocycles. The first-order valence-corrected chi connectivity index (χ1v) is 6.91. The van der Waals surface area contributed by atoms with E-state index >= 15 is 0 Å². The zero-order valence-corrected chi connectivity index (χ0v) is 12.4. The molecule has 0 aromatic heterocycles. The molecule has 0 heterocycles.